The average Bonchev–Trinajstić information content (AvgIpc) is 2.80. The maximum absolute atomic E-state index is 12.2. The molecule has 0 bridgehead atoms. The van der Waals surface area contributed by atoms with Gasteiger partial charge in [-0.15, -0.1) is 0 Å². The van der Waals surface area contributed by atoms with Crippen LogP contribution in [0.15, 0.2) is 48.5 Å². The molecule has 0 spiro atoms. The lowest BCUT2D eigenvalue weighted by Gasteiger charge is -2.10. The molecule has 34 heavy (non-hydrogen) atoms. The van der Waals surface area contributed by atoms with E-state index < -0.39 is 23.9 Å². The van der Waals surface area contributed by atoms with E-state index in [-0.39, 0.29) is 35.8 Å². The van der Waals surface area contributed by atoms with E-state index in [9.17, 15) is 19.2 Å². The summed E-state index contributed by atoms with van der Waals surface area (Å²) < 4.78 is 20.4. The van der Waals surface area contributed by atoms with Gasteiger partial charge in [0.25, 0.3) is 0 Å². The van der Waals surface area contributed by atoms with Crippen molar-refractivity contribution in [3.8, 4) is 11.5 Å². The molecular formula is C24H28N2O8. The summed E-state index contributed by atoms with van der Waals surface area (Å²) >= 11 is 0. The Morgan fingerprint density at radius 1 is 0.618 bits per heavy atom. The lowest BCUT2D eigenvalue weighted by Crippen LogP contribution is -2.32. The molecular weight excluding hydrogens is 444 g/mol. The van der Waals surface area contributed by atoms with Gasteiger partial charge in [0.1, 0.15) is 35.8 Å². The van der Waals surface area contributed by atoms with Crippen molar-refractivity contribution in [2.45, 2.75) is 13.8 Å². The van der Waals surface area contributed by atoms with Gasteiger partial charge < -0.3 is 29.6 Å². The number of carbonyl (C=O) groups is 4. The Morgan fingerprint density at radius 2 is 1.00 bits per heavy atom. The second kappa shape index (κ2) is 14.4. The van der Waals surface area contributed by atoms with Crippen molar-refractivity contribution >= 4 is 23.9 Å². The van der Waals surface area contributed by atoms with E-state index in [4.69, 9.17) is 18.9 Å². The van der Waals surface area contributed by atoms with Gasteiger partial charge in [0.05, 0.1) is 0 Å². The van der Waals surface area contributed by atoms with E-state index in [0.29, 0.717) is 26.2 Å². The number of nitrogens with one attached hydrogen (secondary N) is 2. The minimum absolute atomic E-state index is 0.145. The van der Waals surface area contributed by atoms with Crippen molar-refractivity contribution in [3.05, 3.63) is 59.7 Å². The maximum Gasteiger partial charge on any atom is 0.341 e. The van der Waals surface area contributed by atoms with Crippen molar-refractivity contribution in [1.29, 1.82) is 0 Å². The lowest BCUT2D eigenvalue weighted by atomic mass is 10.2. The van der Waals surface area contributed by atoms with E-state index in [1.54, 1.807) is 24.3 Å². The predicted molar refractivity (Wildman–Crippen MR) is 122 cm³/mol. The Labute approximate surface area is 197 Å². The summed E-state index contributed by atoms with van der Waals surface area (Å²) in [5, 5.41) is 6.22. The summed E-state index contributed by atoms with van der Waals surface area (Å²) in [6.07, 6.45) is 0. The van der Waals surface area contributed by atoms with Gasteiger partial charge in [0.15, 0.2) is 0 Å². The number of carbonyl (C=O) groups excluding carboxylic acids is 4. The summed E-state index contributed by atoms with van der Waals surface area (Å²) in [4.78, 5) is 46.6. The highest BCUT2D eigenvalue weighted by molar-refractivity contribution is 5.94. The second-order valence-electron chi connectivity index (χ2n) is 6.95. The van der Waals surface area contributed by atoms with Gasteiger partial charge in [-0.25, -0.2) is 9.59 Å². The molecule has 0 heterocycles. The minimum Gasteiger partial charge on any atom is -0.461 e. The number of ether oxygens (including phenoxy) is 4. The Morgan fingerprint density at radius 3 is 1.38 bits per heavy atom. The van der Waals surface area contributed by atoms with Crippen molar-refractivity contribution in [1.82, 2.24) is 10.6 Å². The summed E-state index contributed by atoms with van der Waals surface area (Å²) in [5.41, 5.74) is 0.369. The van der Waals surface area contributed by atoms with Crippen molar-refractivity contribution in [2.24, 2.45) is 0 Å². The fraction of sp³-hybridized carbons (Fsp3) is 0.333. The number of hydrogen-bond acceptors (Lipinski definition) is 10. The topological polar surface area (TPSA) is 129 Å². The zero-order valence-electron chi connectivity index (χ0n) is 19.1. The largest absolute Gasteiger partial charge is 0.461 e. The summed E-state index contributed by atoms with van der Waals surface area (Å²) in [5.74, 6) is -1.87. The normalized spacial score (nSPS) is 10.3. The third-order valence-corrected chi connectivity index (χ3v) is 4.22. The first-order valence-corrected chi connectivity index (χ1v) is 10.7. The van der Waals surface area contributed by atoms with Crippen LogP contribution in [0, 0.1) is 0 Å². The van der Waals surface area contributed by atoms with Crippen molar-refractivity contribution < 1.29 is 38.1 Å². The third-order valence-electron chi connectivity index (χ3n) is 4.22. The Kier molecular flexibility index (Phi) is 11.2. The molecule has 2 N–H and O–H groups in total. The molecule has 0 aliphatic rings. The van der Waals surface area contributed by atoms with Crippen LogP contribution in [0.2, 0.25) is 0 Å². The number of hydrogen-bond donors (Lipinski definition) is 2. The first-order chi connectivity index (χ1) is 16.4. The quantitative estimate of drug-likeness (QED) is 0.253. The molecule has 0 saturated heterocycles. The molecule has 182 valence electrons. The standard InChI is InChI=1S/C24H28N2O8/c1-17(27)33-21-9-5-3-7-19(21)23(29)31-15-13-25-11-12-26-14-16-32-24(30)20-8-4-6-10-22(20)34-18(2)28/h3-10,25-26H,11-16H2,1-2H3. The highest BCUT2D eigenvalue weighted by Gasteiger charge is 2.15. The van der Waals surface area contributed by atoms with E-state index >= 15 is 0 Å². The highest BCUT2D eigenvalue weighted by Crippen LogP contribution is 2.20. The zero-order valence-corrected chi connectivity index (χ0v) is 19.1. The van der Waals surface area contributed by atoms with Gasteiger partial charge in [0, 0.05) is 40.0 Å². The highest BCUT2D eigenvalue weighted by atomic mass is 16.6. The van der Waals surface area contributed by atoms with Gasteiger partial charge in [-0.05, 0) is 24.3 Å². The molecule has 2 aromatic carbocycles. The minimum atomic E-state index is -0.575. The number of esters is 4. The molecule has 10 heteroatoms. The van der Waals surface area contributed by atoms with Crippen LogP contribution < -0.4 is 20.1 Å². The van der Waals surface area contributed by atoms with Crippen LogP contribution in [0.4, 0.5) is 0 Å². The van der Waals surface area contributed by atoms with Crippen LogP contribution in [0.25, 0.3) is 0 Å². The van der Waals surface area contributed by atoms with Crippen LogP contribution >= 0.6 is 0 Å². The molecule has 0 atom stereocenters. The van der Waals surface area contributed by atoms with Crippen molar-refractivity contribution in [2.75, 3.05) is 39.4 Å². The first-order valence-electron chi connectivity index (χ1n) is 10.7. The maximum atomic E-state index is 12.2. The molecule has 0 fully saturated rings. The first kappa shape index (κ1) is 26.5. The molecule has 0 aliphatic carbocycles. The summed E-state index contributed by atoms with van der Waals surface area (Å²) in [6, 6.07) is 12.7. The summed E-state index contributed by atoms with van der Waals surface area (Å²) in [7, 11) is 0. The monoisotopic (exact) mass is 472 g/mol. The fourth-order valence-electron chi connectivity index (χ4n) is 2.77. The van der Waals surface area contributed by atoms with E-state index in [1.807, 2.05) is 0 Å². The molecule has 2 aromatic rings. The molecule has 0 aromatic heterocycles. The fourth-order valence-corrected chi connectivity index (χ4v) is 2.77. The second-order valence-corrected chi connectivity index (χ2v) is 6.95. The molecule has 0 aliphatic heterocycles. The van der Waals surface area contributed by atoms with Crippen LogP contribution in [0.1, 0.15) is 34.6 Å². The number of rotatable bonds is 13. The molecule has 0 saturated carbocycles. The molecule has 2 rings (SSSR count). The Balaban J connectivity index is 1.56. The Hall–Kier alpha value is -3.76. The van der Waals surface area contributed by atoms with E-state index in [0.717, 1.165) is 0 Å². The zero-order chi connectivity index (χ0) is 24.8. The van der Waals surface area contributed by atoms with E-state index in [1.165, 1.54) is 38.1 Å². The summed E-state index contributed by atoms with van der Waals surface area (Å²) in [6.45, 7) is 4.88. The van der Waals surface area contributed by atoms with Gasteiger partial charge >= 0.3 is 23.9 Å². The van der Waals surface area contributed by atoms with Crippen LogP contribution in [0.3, 0.4) is 0 Å². The van der Waals surface area contributed by atoms with Gasteiger partial charge in [-0.1, -0.05) is 24.3 Å². The van der Waals surface area contributed by atoms with Gasteiger partial charge in [0.2, 0.25) is 0 Å². The van der Waals surface area contributed by atoms with Crippen LogP contribution in [0.5, 0.6) is 11.5 Å². The van der Waals surface area contributed by atoms with Crippen LogP contribution in [-0.2, 0) is 19.1 Å². The third kappa shape index (κ3) is 9.39. The average molecular weight is 472 g/mol. The number of para-hydroxylation sites is 2. The Bertz CT molecular complexity index is 913. The smallest absolute Gasteiger partial charge is 0.341 e. The van der Waals surface area contributed by atoms with Gasteiger partial charge in [-0.3, -0.25) is 9.59 Å². The molecule has 0 amide bonds. The lowest BCUT2D eigenvalue weighted by molar-refractivity contribution is -0.132. The van der Waals surface area contributed by atoms with Crippen LogP contribution in [-0.4, -0.2) is 63.3 Å². The molecule has 0 unspecified atom stereocenters. The number of benzene rings is 2. The SMILES string of the molecule is CC(=O)Oc1ccccc1C(=O)OCCNCCNCCOC(=O)c1ccccc1OC(C)=O. The van der Waals surface area contributed by atoms with Crippen molar-refractivity contribution in [3.63, 3.8) is 0 Å². The van der Waals surface area contributed by atoms with Gasteiger partial charge in [-0.2, -0.15) is 0 Å². The van der Waals surface area contributed by atoms with E-state index in [2.05, 4.69) is 10.6 Å². The predicted octanol–water partition coefficient (Wildman–Crippen LogP) is 1.73. The molecule has 10 nitrogen and oxygen atoms in total. The molecule has 0 radical (unpaired) electrons.